The highest BCUT2D eigenvalue weighted by molar-refractivity contribution is 5.08. The minimum Gasteiger partial charge on any atom is -0.0991 e. The van der Waals surface area contributed by atoms with Crippen molar-refractivity contribution in [1.82, 2.24) is 0 Å². The van der Waals surface area contributed by atoms with Crippen LogP contribution < -0.4 is 0 Å². The van der Waals surface area contributed by atoms with Crippen molar-refractivity contribution in [1.29, 1.82) is 0 Å². The average Bonchev–Trinajstić information content (AvgIpc) is 2.01. The summed E-state index contributed by atoms with van der Waals surface area (Å²) in [6.07, 6.45) is 15.3. The molecule has 0 heterocycles. The van der Waals surface area contributed by atoms with Gasteiger partial charge in [0.2, 0.25) is 0 Å². The standard InChI is InChI=1S/C13H20/c1-3-7-12(2)8-4-5-9-13-10-6-11-13/h3,5,7,9,13H,1,4,6,8,10-11H2,2H3. The molecule has 1 fully saturated rings. The molecule has 0 bridgehead atoms. The van der Waals surface area contributed by atoms with Crippen LogP contribution in [0.15, 0.2) is 36.5 Å². The van der Waals surface area contributed by atoms with E-state index in [4.69, 9.17) is 0 Å². The smallest absolute Gasteiger partial charge is 0.0234 e. The van der Waals surface area contributed by atoms with Gasteiger partial charge in [0.05, 0.1) is 0 Å². The maximum atomic E-state index is 3.69. The van der Waals surface area contributed by atoms with Crippen LogP contribution in [0.4, 0.5) is 0 Å². The average molecular weight is 176 g/mol. The van der Waals surface area contributed by atoms with Crippen LogP contribution in [0.3, 0.4) is 0 Å². The molecule has 0 spiro atoms. The second kappa shape index (κ2) is 5.80. The fourth-order valence-electron chi connectivity index (χ4n) is 1.52. The van der Waals surface area contributed by atoms with Crippen molar-refractivity contribution < 1.29 is 0 Å². The number of rotatable bonds is 5. The highest BCUT2D eigenvalue weighted by atomic mass is 14.2. The van der Waals surface area contributed by atoms with Crippen molar-refractivity contribution >= 4 is 0 Å². The Balaban J connectivity index is 2.08. The zero-order valence-electron chi connectivity index (χ0n) is 8.63. The highest BCUT2D eigenvalue weighted by Gasteiger charge is 2.12. The van der Waals surface area contributed by atoms with Crippen molar-refractivity contribution in [3.8, 4) is 0 Å². The lowest BCUT2D eigenvalue weighted by Gasteiger charge is -2.21. The van der Waals surface area contributed by atoms with Gasteiger partial charge in [-0.2, -0.15) is 0 Å². The Morgan fingerprint density at radius 2 is 2.23 bits per heavy atom. The first-order chi connectivity index (χ1) is 6.33. The summed E-state index contributed by atoms with van der Waals surface area (Å²) >= 11 is 0. The molecule has 0 aromatic rings. The van der Waals surface area contributed by atoms with E-state index in [2.05, 4.69) is 31.7 Å². The van der Waals surface area contributed by atoms with Gasteiger partial charge in [0.15, 0.2) is 0 Å². The molecule has 72 valence electrons. The van der Waals surface area contributed by atoms with Gasteiger partial charge in [-0.3, -0.25) is 0 Å². The zero-order chi connectivity index (χ0) is 9.52. The maximum Gasteiger partial charge on any atom is -0.0234 e. The summed E-state index contributed by atoms with van der Waals surface area (Å²) in [6, 6.07) is 0. The molecule has 0 N–H and O–H groups in total. The van der Waals surface area contributed by atoms with Gasteiger partial charge in [-0.05, 0) is 38.5 Å². The van der Waals surface area contributed by atoms with E-state index in [-0.39, 0.29) is 0 Å². The van der Waals surface area contributed by atoms with Gasteiger partial charge in [-0.1, -0.05) is 42.9 Å². The lowest BCUT2D eigenvalue weighted by molar-refractivity contribution is 0.387. The van der Waals surface area contributed by atoms with Gasteiger partial charge in [0.1, 0.15) is 0 Å². The summed E-state index contributed by atoms with van der Waals surface area (Å²) in [5.41, 5.74) is 1.42. The minimum atomic E-state index is 0.906. The zero-order valence-corrected chi connectivity index (χ0v) is 8.63. The molecular weight excluding hydrogens is 156 g/mol. The van der Waals surface area contributed by atoms with Crippen LogP contribution >= 0.6 is 0 Å². The molecule has 13 heavy (non-hydrogen) atoms. The molecular formula is C13H20. The fourth-order valence-corrected chi connectivity index (χ4v) is 1.52. The van der Waals surface area contributed by atoms with Crippen LogP contribution in [0.25, 0.3) is 0 Å². The van der Waals surface area contributed by atoms with E-state index in [9.17, 15) is 0 Å². The van der Waals surface area contributed by atoms with Gasteiger partial charge in [0.25, 0.3) is 0 Å². The van der Waals surface area contributed by atoms with Crippen LogP contribution in [0, 0.1) is 5.92 Å². The minimum absolute atomic E-state index is 0.906. The predicted octanol–water partition coefficient (Wildman–Crippen LogP) is 4.26. The summed E-state index contributed by atoms with van der Waals surface area (Å²) in [7, 11) is 0. The molecule has 1 saturated carbocycles. The molecule has 0 aromatic heterocycles. The number of hydrogen-bond donors (Lipinski definition) is 0. The van der Waals surface area contributed by atoms with E-state index < -0.39 is 0 Å². The van der Waals surface area contributed by atoms with Crippen LogP contribution in [0.5, 0.6) is 0 Å². The summed E-state index contributed by atoms with van der Waals surface area (Å²) < 4.78 is 0. The molecule has 0 atom stereocenters. The van der Waals surface area contributed by atoms with Gasteiger partial charge >= 0.3 is 0 Å². The van der Waals surface area contributed by atoms with Crippen molar-refractivity contribution in [2.75, 3.05) is 0 Å². The van der Waals surface area contributed by atoms with Crippen molar-refractivity contribution in [2.45, 2.75) is 39.0 Å². The van der Waals surface area contributed by atoms with Gasteiger partial charge in [-0.25, -0.2) is 0 Å². The van der Waals surface area contributed by atoms with Crippen LogP contribution in [0.2, 0.25) is 0 Å². The highest BCUT2D eigenvalue weighted by Crippen LogP contribution is 2.27. The molecule has 0 aromatic carbocycles. The second-order valence-corrected chi connectivity index (χ2v) is 3.91. The Labute approximate surface area is 82.0 Å². The topological polar surface area (TPSA) is 0 Å². The first-order valence-corrected chi connectivity index (χ1v) is 5.28. The lowest BCUT2D eigenvalue weighted by atomic mass is 9.85. The molecule has 0 unspecified atom stereocenters. The van der Waals surface area contributed by atoms with Crippen molar-refractivity contribution in [2.24, 2.45) is 5.92 Å². The first-order valence-electron chi connectivity index (χ1n) is 5.28. The lowest BCUT2D eigenvalue weighted by Crippen LogP contribution is -2.06. The summed E-state index contributed by atoms with van der Waals surface area (Å²) in [4.78, 5) is 0. The molecule has 0 amide bonds. The number of allylic oxidation sites excluding steroid dienone is 5. The Morgan fingerprint density at radius 3 is 2.77 bits per heavy atom. The van der Waals surface area contributed by atoms with E-state index in [1.807, 2.05) is 6.08 Å². The summed E-state index contributed by atoms with van der Waals surface area (Å²) in [5.74, 6) is 0.906. The van der Waals surface area contributed by atoms with Crippen LogP contribution in [-0.4, -0.2) is 0 Å². The molecule has 0 heteroatoms. The van der Waals surface area contributed by atoms with E-state index in [0.717, 1.165) is 5.92 Å². The third-order valence-corrected chi connectivity index (χ3v) is 2.67. The number of hydrogen-bond acceptors (Lipinski definition) is 0. The van der Waals surface area contributed by atoms with Gasteiger partial charge < -0.3 is 0 Å². The Morgan fingerprint density at radius 1 is 1.46 bits per heavy atom. The first kappa shape index (κ1) is 10.3. The monoisotopic (exact) mass is 176 g/mol. The molecule has 1 aliphatic carbocycles. The van der Waals surface area contributed by atoms with Gasteiger partial charge in [0, 0.05) is 0 Å². The van der Waals surface area contributed by atoms with Crippen LogP contribution in [-0.2, 0) is 0 Å². The third kappa shape index (κ3) is 4.12. The third-order valence-electron chi connectivity index (χ3n) is 2.67. The van der Waals surface area contributed by atoms with E-state index in [1.54, 1.807) is 0 Å². The second-order valence-electron chi connectivity index (χ2n) is 3.91. The summed E-state index contributed by atoms with van der Waals surface area (Å²) in [5, 5.41) is 0. The normalized spacial score (nSPS) is 19.0. The molecule has 0 saturated heterocycles. The van der Waals surface area contributed by atoms with E-state index >= 15 is 0 Å². The maximum absolute atomic E-state index is 3.69. The molecule has 0 radical (unpaired) electrons. The van der Waals surface area contributed by atoms with Crippen LogP contribution in [0.1, 0.15) is 39.0 Å². The quantitative estimate of drug-likeness (QED) is 0.434. The SMILES string of the molecule is C=CC=C(C)CCC=CC1CCC1. The fraction of sp³-hybridized carbons (Fsp3) is 0.538. The predicted molar refractivity (Wildman–Crippen MR) is 59.7 cm³/mol. The van der Waals surface area contributed by atoms with Gasteiger partial charge in [-0.15, -0.1) is 0 Å². The molecule has 1 rings (SSSR count). The molecule has 0 aliphatic heterocycles. The Bertz CT molecular complexity index is 204. The summed E-state index contributed by atoms with van der Waals surface area (Å²) in [6.45, 7) is 5.85. The van der Waals surface area contributed by atoms with E-state index in [1.165, 1.54) is 37.7 Å². The Kier molecular flexibility index (Phi) is 4.59. The van der Waals surface area contributed by atoms with E-state index in [0.29, 0.717) is 0 Å². The molecule has 0 nitrogen and oxygen atoms in total. The van der Waals surface area contributed by atoms with Crippen molar-refractivity contribution in [3.05, 3.63) is 36.5 Å². The molecule has 1 aliphatic rings. The largest absolute Gasteiger partial charge is 0.0991 e. The van der Waals surface area contributed by atoms with Crippen molar-refractivity contribution in [3.63, 3.8) is 0 Å². The Hall–Kier alpha value is -0.780.